The van der Waals surface area contributed by atoms with Gasteiger partial charge in [-0.15, -0.1) is 0 Å². The summed E-state index contributed by atoms with van der Waals surface area (Å²) in [6.45, 7) is 0.108. The Bertz CT molecular complexity index is 794. The summed E-state index contributed by atoms with van der Waals surface area (Å²) in [7, 11) is 1.26. The topological polar surface area (TPSA) is 125 Å². The minimum atomic E-state index is -0.622. The van der Waals surface area contributed by atoms with Crippen molar-refractivity contribution < 1.29 is 33.4 Å². The summed E-state index contributed by atoms with van der Waals surface area (Å²) in [5.41, 5.74) is 5.28. The SMILES string of the molecule is COC(=O)/C=C1/SCC(=O)N1CCCOC(=O)c1cccc(OCC(N)=O)c1. The molecule has 10 heteroatoms. The molecule has 0 atom stereocenters. The van der Waals surface area contributed by atoms with Gasteiger partial charge in [0, 0.05) is 6.54 Å². The van der Waals surface area contributed by atoms with Crippen LogP contribution in [0.4, 0.5) is 0 Å². The van der Waals surface area contributed by atoms with E-state index >= 15 is 0 Å². The highest BCUT2D eigenvalue weighted by molar-refractivity contribution is 8.04. The number of rotatable bonds is 9. The second-order valence-electron chi connectivity index (χ2n) is 5.61. The number of hydrogen-bond donors (Lipinski definition) is 1. The maximum Gasteiger partial charge on any atom is 0.338 e. The third kappa shape index (κ3) is 6.31. The molecule has 2 amide bonds. The number of thioether (sulfide) groups is 1. The molecule has 1 aromatic rings. The average molecular weight is 408 g/mol. The number of hydrogen-bond acceptors (Lipinski definition) is 8. The number of esters is 2. The first-order valence-corrected chi connectivity index (χ1v) is 9.30. The van der Waals surface area contributed by atoms with Crippen LogP contribution in [0.25, 0.3) is 0 Å². The second kappa shape index (κ2) is 10.4. The highest BCUT2D eigenvalue weighted by atomic mass is 32.2. The first-order valence-electron chi connectivity index (χ1n) is 8.32. The Morgan fingerprint density at radius 1 is 1.32 bits per heavy atom. The molecule has 0 radical (unpaired) electrons. The lowest BCUT2D eigenvalue weighted by Crippen LogP contribution is -2.27. The van der Waals surface area contributed by atoms with E-state index in [-0.39, 0.29) is 30.4 Å². The summed E-state index contributed by atoms with van der Waals surface area (Å²) >= 11 is 1.25. The number of benzene rings is 1. The lowest BCUT2D eigenvalue weighted by atomic mass is 10.2. The molecule has 0 unspecified atom stereocenters. The van der Waals surface area contributed by atoms with E-state index in [1.807, 2.05) is 0 Å². The van der Waals surface area contributed by atoms with Crippen LogP contribution in [0.5, 0.6) is 5.75 Å². The highest BCUT2D eigenvalue weighted by Gasteiger charge is 2.27. The zero-order valence-electron chi connectivity index (χ0n) is 15.2. The second-order valence-corrected chi connectivity index (χ2v) is 6.61. The van der Waals surface area contributed by atoms with Gasteiger partial charge in [-0.05, 0) is 24.6 Å². The van der Waals surface area contributed by atoms with Gasteiger partial charge < -0.3 is 24.8 Å². The van der Waals surface area contributed by atoms with Gasteiger partial charge in [0.05, 0.1) is 36.1 Å². The van der Waals surface area contributed by atoms with Crippen LogP contribution < -0.4 is 10.5 Å². The van der Waals surface area contributed by atoms with Gasteiger partial charge in [-0.1, -0.05) is 17.8 Å². The molecule has 1 aliphatic heterocycles. The molecule has 9 nitrogen and oxygen atoms in total. The summed E-state index contributed by atoms with van der Waals surface area (Å²) in [4.78, 5) is 47.6. The fourth-order valence-corrected chi connectivity index (χ4v) is 3.22. The molecule has 2 rings (SSSR count). The number of carbonyl (C=O) groups is 4. The molecule has 1 heterocycles. The Morgan fingerprint density at radius 2 is 2.11 bits per heavy atom. The Morgan fingerprint density at radius 3 is 2.82 bits per heavy atom. The van der Waals surface area contributed by atoms with Gasteiger partial charge in [0.1, 0.15) is 5.75 Å². The molecule has 1 saturated heterocycles. The maximum absolute atomic E-state index is 12.1. The van der Waals surface area contributed by atoms with Crippen LogP contribution in [-0.2, 0) is 23.9 Å². The molecule has 1 fully saturated rings. The Labute approximate surface area is 165 Å². The van der Waals surface area contributed by atoms with E-state index in [4.69, 9.17) is 15.2 Å². The first kappa shape index (κ1) is 21.3. The molecule has 28 heavy (non-hydrogen) atoms. The molecule has 0 spiro atoms. The van der Waals surface area contributed by atoms with E-state index in [0.717, 1.165) is 0 Å². The predicted molar refractivity (Wildman–Crippen MR) is 100 cm³/mol. The number of primary amides is 1. The lowest BCUT2D eigenvalue weighted by molar-refractivity contribution is -0.135. The molecule has 2 N–H and O–H groups in total. The van der Waals surface area contributed by atoms with Crippen molar-refractivity contribution in [3.63, 3.8) is 0 Å². The van der Waals surface area contributed by atoms with Crippen molar-refractivity contribution in [2.24, 2.45) is 5.73 Å². The van der Waals surface area contributed by atoms with Gasteiger partial charge in [0.2, 0.25) is 5.91 Å². The van der Waals surface area contributed by atoms with Crippen LogP contribution in [0.1, 0.15) is 16.8 Å². The highest BCUT2D eigenvalue weighted by Crippen LogP contribution is 2.28. The maximum atomic E-state index is 12.1. The van der Waals surface area contributed by atoms with Crippen molar-refractivity contribution in [1.82, 2.24) is 4.90 Å². The zero-order valence-corrected chi connectivity index (χ0v) is 16.0. The van der Waals surface area contributed by atoms with Crippen LogP contribution in [0, 0.1) is 0 Å². The molecule has 0 bridgehead atoms. The van der Waals surface area contributed by atoms with Crippen LogP contribution in [0.15, 0.2) is 35.4 Å². The molecule has 0 aliphatic carbocycles. The molecule has 0 aromatic heterocycles. The predicted octanol–water partition coefficient (Wildman–Crippen LogP) is 0.687. The number of carbonyl (C=O) groups excluding carboxylic acids is 4. The van der Waals surface area contributed by atoms with Gasteiger partial charge in [0.15, 0.2) is 6.61 Å². The zero-order chi connectivity index (χ0) is 20.5. The van der Waals surface area contributed by atoms with Crippen molar-refractivity contribution in [1.29, 1.82) is 0 Å². The standard InChI is InChI=1S/C18H20N2O7S/c1-25-17(23)9-16-20(15(22)11-28-16)6-3-7-26-18(24)12-4-2-5-13(8-12)27-10-14(19)21/h2,4-5,8-9H,3,6-7,10-11H2,1H3,(H2,19,21)/b16-9+. The Hall–Kier alpha value is -3.01. The smallest absolute Gasteiger partial charge is 0.338 e. The number of methoxy groups -OCH3 is 1. The summed E-state index contributed by atoms with van der Waals surface area (Å²) in [6, 6.07) is 6.18. The van der Waals surface area contributed by atoms with Crippen molar-refractivity contribution >= 4 is 35.5 Å². The van der Waals surface area contributed by atoms with Gasteiger partial charge in [-0.3, -0.25) is 9.59 Å². The number of nitrogens with zero attached hydrogens (tertiary/aromatic N) is 1. The van der Waals surface area contributed by atoms with E-state index in [1.54, 1.807) is 18.2 Å². The fraction of sp³-hybridized carbons (Fsp3) is 0.333. The van der Waals surface area contributed by atoms with Crippen molar-refractivity contribution in [2.75, 3.05) is 32.6 Å². The average Bonchev–Trinajstić information content (AvgIpc) is 3.02. The Kier molecular flexibility index (Phi) is 7.88. The largest absolute Gasteiger partial charge is 0.484 e. The molecular formula is C18H20N2O7S. The summed E-state index contributed by atoms with van der Waals surface area (Å²) in [6.07, 6.45) is 1.66. The van der Waals surface area contributed by atoms with Gasteiger partial charge in [0.25, 0.3) is 5.91 Å². The van der Waals surface area contributed by atoms with Gasteiger partial charge in [-0.2, -0.15) is 0 Å². The molecule has 1 aliphatic rings. The quantitative estimate of drug-likeness (QED) is 0.359. The van der Waals surface area contributed by atoms with Crippen LogP contribution >= 0.6 is 11.8 Å². The van der Waals surface area contributed by atoms with Crippen LogP contribution in [-0.4, -0.2) is 61.3 Å². The van der Waals surface area contributed by atoms with Gasteiger partial charge in [-0.25, -0.2) is 9.59 Å². The minimum absolute atomic E-state index is 0.0884. The third-order valence-electron chi connectivity index (χ3n) is 3.56. The van der Waals surface area contributed by atoms with E-state index < -0.39 is 17.8 Å². The third-order valence-corrected chi connectivity index (χ3v) is 4.59. The normalized spacial score (nSPS) is 14.8. The molecular weight excluding hydrogens is 388 g/mol. The molecule has 0 saturated carbocycles. The molecule has 150 valence electrons. The summed E-state index contributed by atoms with van der Waals surface area (Å²) in [5, 5.41) is 0.516. The van der Waals surface area contributed by atoms with E-state index in [0.29, 0.717) is 23.7 Å². The van der Waals surface area contributed by atoms with Crippen molar-refractivity contribution in [3.05, 3.63) is 40.9 Å². The summed E-state index contributed by atoms with van der Waals surface area (Å²) < 4.78 is 14.9. The van der Waals surface area contributed by atoms with Crippen LogP contribution in [0.2, 0.25) is 0 Å². The summed E-state index contributed by atoms with van der Waals surface area (Å²) in [5.74, 6) is -1.26. The van der Waals surface area contributed by atoms with E-state index in [2.05, 4.69) is 4.74 Å². The van der Waals surface area contributed by atoms with Crippen LogP contribution in [0.3, 0.4) is 0 Å². The lowest BCUT2D eigenvalue weighted by Gasteiger charge is -2.16. The monoisotopic (exact) mass is 408 g/mol. The number of ether oxygens (including phenoxy) is 3. The Balaban J connectivity index is 1.83. The van der Waals surface area contributed by atoms with Gasteiger partial charge >= 0.3 is 11.9 Å². The molecule has 1 aromatic carbocycles. The van der Waals surface area contributed by atoms with Crippen molar-refractivity contribution in [3.8, 4) is 5.75 Å². The minimum Gasteiger partial charge on any atom is -0.484 e. The first-order chi connectivity index (χ1) is 13.4. The van der Waals surface area contributed by atoms with E-state index in [9.17, 15) is 19.2 Å². The number of amides is 2. The van der Waals surface area contributed by atoms with E-state index in [1.165, 1.54) is 35.9 Å². The fourth-order valence-electron chi connectivity index (χ4n) is 2.27. The number of nitrogens with two attached hydrogens (primary N) is 1. The van der Waals surface area contributed by atoms with Crippen molar-refractivity contribution in [2.45, 2.75) is 6.42 Å².